The minimum atomic E-state index is 0.440. The fraction of sp³-hybridized carbons (Fsp3) is 0.583. The average molecular weight is 286 g/mol. The van der Waals surface area contributed by atoms with Gasteiger partial charge in [-0.1, -0.05) is 0 Å². The molecule has 1 unspecified atom stereocenters. The van der Waals surface area contributed by atoms with Crippen molar-refractivity contribution in [3.8, 4) is 0 Å². The second-order valence-electron chi connectivity index (χ2n) is 4.46. The molecule has 0 saturated carbocycles. The third-order valence-corrected chi connectivity index (χ3v) is 3.28. The number of nitrogens with zero attached hydrogens (tertiary/aromatic N) is 2. The summed E-state index contributed by atoms with van der Waals surface area (Å²) in [6, 6.07) is 2.51. The quantitative estimate of drug-likeness (QED) is 0.902. The molecule has 3 nitrogen and oxygen atoms in total. The van der Waals surface area contributed by atoms with Crippen LogP contribution >= 0.6 is 15.9 Å². The lowest BCUT2D eigenvalue weighted by Crippen LogP contribution is -2.23. The van der Waals surface area contributed by atoms with E-state index in [1.165, 1.54) is 5.56 Å². The highest BCUT2D eigenvalue weighted by Gasteiger charge is 2.04. The summed E-state index contributed by atoms with van der Waals surface area (Å²) in [6.07, 6.45) is 2.96. The van der Waals surface area contributed by atoms with Gasteiger partial charge >= 0.3 is 0 Å². The third-order valence-electron chi connectivity index (χ3n) is 2.45. The fourth-order valence-corrected chi connectivity index (χ4v) is 1.61. The SMILES string of the molecule is Cc1cc(NC(C)CCN(C)C)ncc1Br. The molecule has 0 aliphatic heterocycles. The number of anilines is 1. The van der Waals surface area contributed by atoms with Crippen LogP contribution in [0.2, 0.25) is 0 Å². The molecule has 1 heterocycles. The zero-order valence-electron chi connectivity index (χ0n) is 10.4. The number of hydrogen-bond acceptors (Lipinski definition) is 3. The molecule has 1 aromatic heterocycles. The number of halogens is 1. The Balaban J connectivity index is 2.49. The molecule has 1 N–H and O–H groups in total. The van der Waals surface area contributed by atoms with Crippen molar-refractivity contribution in [1.82, 2.24) is 9.88 Å². The minimum absolute atomic E-state index is 0.440. The molecule has 0 spiro atoms. The number of rotatable bonds is 5. The van der Waals surface area contributed by atoms with E-state index < -0.39 is 0 Å². The lowest BCUT2D eigenvalue weighted by atomic mass is 10.2. The first-order valence-corrected chi connectivity index (χ1v) is 6.31. The van der Waals surface area contributed by atoms with E-state index in [9.17, 15) is 0 Å². The van der Waals surface area contributed by atoms with Crippen molar-refractivity contribution < 1.29 is 0 Å². The molecule has 1 rings (SSSR count). The van der Waals surface area contributed by atoms with E-state index >= 15 is 0 Å². The van der Waals surface area contributed by atoms with Crippen LogP contribution in [0.5, 0.6) is 0 Å². The first kappa shape index (κ1) is 13.5. The summed E-state index contributed by atoms with van der Waals surface area (Å²) < 4.78 is 1.05. The lowest BCUT2D eigenvalue weighted by molar-refractivity contribution is 0.390. The van der Waals surface area contributed by atoms with Gasteiger partial charge in [0, 0.05) is 16.7 Å². The monoisotopic (exact) mass is 285 g/mol. The molecule has 1 atom stereocenters. The molecule has 0 amide bonds. The molecule has 4 heteroatoms. The smallest absolute Gasteiger partial charge is 0.126 e. The van der Waals surface area contributed by atoms with Crippen molar-refractivity contribution >= 4 is 21.7 Å². The van der Waals surface area contributed by atoms with Gasteiger partial charge in [-0.15, -0.1) is 0 Å². The molecule has 0 aliphatic carbocycles. The molecule has 0 saturated heterocycles. The highest BCUT2D eigenvalue weighted by Crippen LogP contribution is 2.17. The van der Waals surface area contributed by atoms with E-state index in [4.69, 9.17) is 0 Å². The Labute approximate surface area is 106 Å². The molecule has 0 aromatic carbocycles. The molecule has 16 heavy (non-hydrogen) atoms. The van der Waals surface area contributed by atoms with E-state index in [1.807, 2.05) is 6.20 Å². The van der Waals surface area contributed by atoms with Crippen LogP contribution in [0.25, 0.3) is 0 Å². The van der Waals surface area contributed by atoms with Crippen molar-refractivity contribution in [2.75, 3.05) is 26.0 Å². The molecular formula is C12H20BrN3. The standard InChI is InChI=1S/C12H20BrN3/c1-9-7-12(14-8-11(9)13)15-10(2)5-6-16(3)4/h7-8,10H,5-6H2,1-4H3,(H,14,15). The van der Waals surface area contributed by atoms with Crippen LogP contribution in [-0.4, -0.2) is 36.6 Å². The Hall–Kier alpha value is -0.610. The molecule has 0 fully saturated rings. The fourth-order valence-electron chi connectivity index (χ4n) is 1.39. The first-order valence-electron chi connectivity index (χ1n) is 5.52. The summed E-state index contributed by atoms with van der Waals surface area (Å²) in [7, 11) is 4.18. The van der Waals surface area contributed by atoms with Gasteiger partial charge in [0.15, 0.2) is 0 Å². The summed E-state index contributed by atoms with van der Waals surface area (Å²) in [4.78, 5) is 6.53. The van der Waals surface area contributed by atoms with Crippen LogP contribution in [0.15, 0.2) is 16.7 Å². The molecule has 0 aliphatic rings. The van der Waals surface area contributed by atoms with E-state index in [-0.39, 0.29) is 0 Å². The minimum Gasteiger partial charge on any atom is -0.368 e. The van der Waals surface area contributed by atoms with Crippen molar-refractivity contribution in [2.24, 2.45) is 0 Å². The second kappa shape index (κ2) is 6.21. The Bertz CT molecular complexity index is 339. The second-order valence-corrected chi connectivity index (χ2v) is 5.31. The average Bonchev–Trinajstić information content (AvgIpc) is 2.21. The zero-order valence-corrected chi connectivity index (χ0v) is 12.0. The van der Waals surface area contributed by atoms with E-state index in [2.05, 4.69) is 65.1 Å². The van der Waals surface area contributed by atoms with E-state index in [1.54, 1.807) is 0 Å². The van der Waals surface area contributed by atoms with Crippen LogP contribution in [0.4, 0.5) is 5.82 Å². The van der Waals surface area contributed by atoms with Gasteiger partial charge in [0.1, 0.15) is 5.82 Å². The van der Waals surface area contributed by atoms with Crippen molar-refractivity contribution in [3.63, 3.8) is 0 Å². The van der Waals surface area contributed by atoms with Gasteiger partial charge < -0.3 is 10.2 Å². The number of aryl methyl sites for hydroxylation is 1. The predicted octanol–water partition coefficient (Wildman–Crippen LogP) is 2.90. The Morgan fingerprint density at radius 3 is 2.75 bits per heavy atom. The summed E-state index contributed by atoms with van der Waals surface area (Å²) in [6.45, 7) is 5.34. The van der Waals surface area contributed by atoms with E-state index in [0.717, 1.165) is 23.3 Å². The molecule has 0 radical (unpaired) electrons. The predicted molar refractivity (Wildman–Crippen MR) is 72.9 cm³/mol. The Morgan fingerprint density at radius 1 is 1.50 bits per heavy atom. The van der Waals surface area contributed by atoms with E-state index in [0.29, 0.717) is 6.04 Å². The molecule has 0 bridgehead atoms. The highest BCUT2D eigenvalue weighted by molar-refractivity contribution is 9.10. The van der Waals surface area contributed by atoms with Crippen molar-refractivity contribution in [2.45, 2.75) is 26.3 Å². The molecule has 90 valence electrons. The summed E-state index contributed by atoms with van der Waals surface area (Å²) in [5, 5.41) is 3.41. The van der Waals surface area contributed by atoms with Gasteiger partial charge in [-0.2, -0.15) is 0 Å². The van der Waals surface area contributed by atoms with Gasteiger partial charge in [0.05, 0.1) is 0 Å². The summed E-state index contributed by atoms with van der Waals surface area (Å²) in [5.74, 6) is 0.951. The number of pyridine rings is 1. The van der Waals surface area contributed by atoms with Crippen LogP contribution < -0.4 is 5.32 Å². The topological polar surface area (TPSA) is 28.2 Å². The summed E-state index contributed by atoms with van der Waals surface area (Å²) in [5.41, 5.74) is 1.21. The maximum atomic E-state index is 4.33. The number of nitrogens with one attached hydrogen (secondary N) is 1. The summed E-state index contributed by atoms with van der Waals surface area (Å²) >= 11 is 3.45. The Morgan fingerprint density at radius 2 is 2.19 bits per heavy atom. The maximum Gasteiger partial charge on any atom is 0.126 e. The van der Waals surface area contributed by atoms with Gasteiger partial charge in [-0.3, -0.25) is 0 Å². The van der Waals surface area contributed by atoms with Crippen LogP contribution in [0.1, 0.15) is 18.9 Å². The number of aromatic nitrogens is 1. The van der Waals surface area contributed by atoms with Crippen LogP contribution in [0, 0.1) is 6.92 Å². The third kappa shape index (κ3) is 4.49. The van der Waals surface area contributed by atoms with Crippen LogP contribution in [-0.2, 0) is 0 Å². The number of hydrogen-bond donors (Lipinski definition) is 1. The Kier molecular flexibility index (Phi) is 5.22. The van der Waals surface area contributed by atoms with Crippen molar-refractivity contribution in [3.05, 3.63) is 22.3 Å². The zero-order chi connectivity index (χ0) is 12.1. The van der Waals surface area contributed by atoms with Gasteiger partial charge in [-0.25, -0.2) is 4.98 Å². The van der Waals surface area contributed by atoms with Gasteiger partial charge in [-0.05, 0) is 68.5 Å². The maximum absolute atomic E-state index is 4.33. The normalized spacial score (nSPS) is 12.9. The van der Waals surface area contributed by atoms with Crippen LogP contribution in [0.3, 0.4) is 0 Å². The first-order chi connectivity index (χ1) is 7.49. The highest BCUT2D eigenvalue weighted by atomic mass is 79.9. The van der Waals surface area contributed by atoms with Crippen molar-refractivity contribution in [1.29, 1.82) is 0 Å². The largest absolute Gasteiger partial charge is 0.368 e. The van der Waals surface area contributed by atoms with Gasteiger partial charge in [0.2, 0.25) is 0 Å². The van der Waals surface area contributed by atoms with Gasteiger partial charge in [0.25, 0.3) is 0 Å². The lowest BCUT2D eigenvalue weighted by Gasteiger charge is -2.17. The molecular weight excluding hydrogens is 266 g/mol. The molecule has 1 aromatic rings.